The molecule has 1 unspecified atom stereocenters. The van der Waals surface area contributed by atoms with E-state index in [1.54, 1.807) is 6.08 Å². The van der Waals surface area contributed by atoms with Crippen molar-refractivity contribution >= 4 is 28.4 Å². The number of fused-ring (bicyclic) bond motifs is 1. The molecule has 0 radical (unpaired) electrons. The largest absolute Gasteiger partial charge is 0.396 e. The molecule has 0 spiro atoms. The molecular formula is C24H30N4O3. The molecule has 0 saturated carbocycles. The van der Waals surface area contributed by atoms with E-state index in [-0.39, 0.29) is 18.1 Å². The summed E-state index contributed by atoms with van der Waals surface area (Å²) in [5, 5.41) is 26.7. The van der Waals surface area contributed by atoms with Gasteiger partial charge in [-0.2, -0.15) is 5.26 Å². The molecule has 3 rings (SSSR count). The molecule has 0 aliphatic carbocycles. The summed E-state index contributed by atoms with van der Waals surface area (Å²) < 4.78 is 5.38. The van der Waals surface area contributed by atoms with Crippen LogP contribution in [0.3, 0.4) is 0 Å². The average Bonchev–Trinajstić information content (AvgIpc) is 2.81. The zero-order valence-electron chi connectivity index (χ0n) is 17.9. The number of aliphatic hydroxyl groups is 1. The highest BCUT2D eigenvalue weighted by molar-refractivity contribution is 6.02. The zero-order chi connectivity index (χ0) is 22.1. The summed E-state index contributed by atoms with van der Waals surface area (Å²) in [7, 11) is 0. The fourth-order valence-electron chi connectivity index (χ4n) is 3.39. The highest BCUT2D eigenvalue weighted by Gasteiger charge is 2.11. The van der Waals surface area contributed by atoms with E-state index in [1.807, 2.05) is 43.3 Å². The number of carbonyl (C=O) groups excluding carboxylic acids is 1. The van der Waals surface area contributed by atoms with Gasteiger partial charge in [0.1, 0.15) is 11.6 Å². The summed E-state index contributed by atoms with van der Waals surface area (Å²) in [4.78, 5) is 14.6. The van der Waals surface area contributed by atoms with Gasteiger partial charge < -0.3 is 20.5 Å². The number of nitriles is 1. The summed E-state index contributed by atoms with van der Waals surface area (Å²) in [6.45, 7) is 7.59. The van der Waals surface area contributed by atoms with E-state index in [0.717, 1.165) is 61.4 Å². The van der Waals surface area contributed by atoms with Crippen LogP contribution in [0.2, 0.25) is 0 Å². The Balaban J connectivity index is 1.62. The number of hydrogen-bond acceptors (Lipinski definition) is 6. The quantitative estimate of drug-likeness (QED) is 0.424. The van der Waals surface area contributed by atoms with Crippen molar-refractivity contribution in [3.05, 3.63) is 47.5 Å². The first-order valence-electron chi connectivity index (χ1n) is 10.7. The van der Waals surface area contributed by atoms with Gasteiger partial charge >= 0.3 is 0 Å². The number of benzene rings is 2. The number of ether oxygens (including phenoxy) is 1. The van der Waals surface area contributed by atoms with E-state index in [2.05, 4.69) is 21.6 Å². The number of amides is 1. The minimum absolute atomic E-state index is 0.0133. The average molecular weight is 423 g/mol. The van der Waals surface area contributed by atoms with Crippen molar-refractivity contribution in [2.75, 3.05) is 57.9 Å². The maximum atomic E-state index is 12.2. The Morgan fingerprint density at radius 2 is 2.00 bits per heavy atom. The number of nitrogens with one attached hydrogen (secondary N) is 2. The molecule has 164 valence electrons. The Kier molecular flexibility index (Phi) is 8.42. The van der Waals surface area contributed by atoms with E-state index in [4.69, 9.17) is 9.84 Å². The lowest BCUT2D eigenvalue weighted by molar-refractivity contribution is -0.117. The Morgan fingerprint density at radius 3 is 2.74 bits per heavy atom. The monoisotopic (exact) mass is 422 g/mol. The van der Waals surface area contributed by atoms with E-state index in [1.165, 1.54) is 0 Å². The zero-order valence-corrected chi connectivity index (χ0v) is 17.9. The van der Waals surface area contributed by atoms with Gasteiger partial charge in [0.15, 0.2) is 0 Å². The molecule has 7 heteroatoms. The second-order valence-electron chi connectivity index (χ2n) is 7.87. The molecule has 1 aliphatic heterocycles. The molecule has 1 fully saturated rings. The predicted molar refractivity (Wildman–Crippen MR) is 123 cm³/mol. The van der Waals surface area contributed by atoms with Gasteiger partial charge in [-0.25, -0.2) is 0 Å². The molecule has 1 amide bonds. The number of anilines is 1. The number of carbonyl (C=O) groups is 1. The van der Waals surface area contributed by atoms with Gasteiger partial charge in [0.2, 0.25) is 0 Å². The second-order valence-corrected chi connectivity index (χ2v) is 7.87. The molecular weight excluding hydrogens is 392 g/mol. The van der Waals surface area contributed by atoms with Crippen molar-refractivity contribution < 1.29 is 14.6 Å². The summed E-state index contributed by atoms with van der Waals surface area (Å²) in [5.74, 6) is -0.482. The number of rotatable bonds is 9. The first-order valence-corrected chi connectivity index (χ1v) is 10.7. The van der Waals surface area contributed by atoms with Gasteiger partial charge in [0, 0.05) is 45.0 Å². The van der Waals surface area contributed by atoms with E-state index < -0.39 is 5.91 Å². The molecule has 2 aromatic carbocycles. The number of nitrogens with zero attached hydrogens (tertiary/aromatic N) is 2. The lowest BCUT2D eigenvalue weighted by Gasteiger charge is -2.26. The van der Waals surface area contributed by atoms with Crippen LogP contribution in [0.1, 0.15) is 12.5 Å². The summed E-state index contributed by atoms with van der Waals surface area (Å²) in [5.41, 5.74) is 1.91. The van der Waals surface area contributed by atoms with Crippen LogP contribution in [0, 0.1) is 17.2 Å². The minimum atomic E-state index is -0.428. The molecule has 3 N–H and O–H groups in total. The summed E-state index contributed by atoms with van der Waals surface area (Å²) in [6.07, 6.45) is 1.59. The van der Waals surface area contributed by atoms with Crippen LogP contribution in [-0.2, 0) is 9.53 Å². The lowest BCUT2D eigenvalue weighted by atomic mass is 10.0. The van der Waals surface area contributed by atoms with E-state index >= 15 is 0 Å². The maximum absolute atomic E-state index is 12.2. The molecule has 7 nitrogen and oxygen atoms in total. The van der Waals surface area contributed by atoms with Gasteiger partial charge in [-0.3, -0.25) is 9.69 Å². The molecule has 1 atom stereocenters. The van der Waals surface area contributed by atoms with Crippen LogP contribution in [0.5, 0.6) is 0 Å². The van der Waals surface area contributed by atoms with Gasteiger partial charge in [-0.15, -0.1) is 0 Å². The van der Waals surface area contributed by atoms with Gasteiger partial charge in [0.25, 0.3) is 5.91 Å². The number of hydrogen-bond donors (Lipinski definition) is 3. The Hall–Kier alpha value is -2.92. The van der Waals surface area contributed by atoms with Crippen molar-refractivity contribution in [3.63, 3.8) is 0 Å². The van der Waals surface area contributed by atoms with Crippen molar-refractivity contribution in [1.29, 1.82) is 5.26 Å². The molecule has 1 heterocycles. The highest BCUT2D eigenvalue weighted by atomic mass is 16.5. The third kappa shape index (κ3) is 6.79. The predicted octanol–water partition coefficient (Wildman–Crippen LogP) is 2.24. The van der Waals surface area contributed by atoms with Crippen LogP contribution >= 0.6 is 0 Å². The molecule has 0 aromatic heterocycles. The van der Waals surface area contributed by atoms with Crippen molar-refractivity contribution in [2.45, 2.75) is 6.92 Å². The number of aliphatic hydroxyl groups excluding tert-OH is 1. The number of morpholine rings is 1. The van der Waals surface area contributed by atoms with Gasteiger partial charge in [-0.05, 0) is 46.5 Å². The second kappa shape index (κ2) is 11.5. The van der Waals surface area contributed by atoms with E-state index in [0.29, 0.717) is 6.54 Å². The third-order valence-corrected chi connectivity index (χ3v) is 5.32. The maximum Gasteiger partial charge on any atom is 0.261 e. The summed E-state index contributed by atoms with van der Waals surface area (Å²) >= 11 is 0. The smallest absolute Gasteiger partial charge is 0.261 e. The third-order valence-electron chi connectivity index (χ3n) is 5.32. The van der Waals surface area contributed by atoms with Crippen LogP contribution in [-0.4, -0.2) is 68.5 Å². The highest BCUT2D eigenvalue weighted by Crippen LogP contribution is 2.22. The molecule has 31 heavy (non-hydrogen) atoms. The Labute approximate surface area is 183 Å². The van der Waals surface area contributed by atoms with Crippen LogP contribution in [0.15, 0.2) is 42.0 Å². The standard InChI is InChI=1S/C24H30N4O3/c1-18(17-29)16-27-24(30)22(15-25)13-19-2-3-21-14-23(5-4-20(21)12-19)26-6-7-28-8-10-31-11-9-28/h2-5,12-14,18,26,29H,6-11,16-17H2,1H3,(H,27,30)/b22-13+. The minimum Gasteiger partial charge on any atom is -0.396 e. The van der Waals surface area contributed by atoms with Crippen molar-refractivity contribution in [3.8, 4) is 6.07 Å². The van der Waals surface area contributed by atoms with Gasteiger partial charge in [0.05, 0.1) is 13.2 Å². The summed E-state index contributed by atoms with van der Waals surface area (Å²) in [6, 6.07) is 14.0. The van der Waals surface area contributed by atoms with Crippen molar-refractivity contribution in [2.24, 2.45) is 5.92 Å². The SMILES string of the molecule is CC(CO)CNC(=O)/C(C#N)=C/c1ccc2cc(NCCN3CCOCC3)ccc2c1. The normalized spacial score (nSPS) is 16.0. The van der Waals surface area contributed by atoms with Crippen LogP contribution < -0.4 is 10.6 Å². The van der Waals surface area contributed by atoms with Crippen molar-refractivity contribution in [1.82, 2.24) is 10.2 Å². The fraction of sp³-hybridized carbons (Fsp3) is 0.417. The lowest BCUT2D eigenvalue weighted by Crippen LogP contribution is -2.38. The molecule has 1 aliphatic rings. The first kappa shape index (κ1) is 22.8. The van der Waals surface area contributed by atoms with Crippen LogP contribution in [0.25, 0.3) is 16.8 Å². The van der Waals surface area contributed by atoms with Gasteiger partial charge in [-0.1, -0.05) is 25.1 Å². The molecule has 0 bridgehead atoms. The first-order chi connectivity index (χ1) is 15.1. The van der Waals surface area contributed by atoms with E-state index in [9.17, 15) is 10.1 Å². The fourth-order valence-corrected chi connectivity index (χ4v) is 3.39. The molecule has 1 saturated heterocycles. The Morgan fingerprint density at radius 1 is 1.26 bits per heavy atom. The van der Waals surface area contributed by atoms with Crippen LogP contribution in [0.4, 0.5) is 5.69 Å². The molecule has 2 aromatic rings. The Bertz CT molecular complexity index is 961. The topological polar surface area (TPSA) is 97.6 Å².